The first-order valence-electron chi connectivity index (χ1n) is 7.04. The SMILES string of the molecule is CCCC(NC(C)Cc1ccc(C)s1)C(=O)OCC. The van der Waals surface area contributed by atoms with Crippen LogP contribution in [0.5, 0.6) is 0 Å². The highest BCUT2D eigenvalue weighted by Crippen LogP contribution is 2.17. The summed E-state index contributed by atoms with van der Waals surface area (Å²) in [5, 5.41) is 3.39. The van der Waals surface area contributed by atoms with E-state index in [1.165, 1.54) is 9.75 Å². The summed E-state index contributed by atoms with van der Waals surface area (Å²) in [4.78, 5) is 14.5. The molecule has 0 aliphatic heterocycles. The summed E-state index contributed by atoms with van der Waals surface area (Å²) in [6.45, 7) is 8.61. The minimum Gasteiger partial charge on any atom is -0.465 e. The number of carbonyl (C=O) groups excluding carboxylic acids is 1. The van der Waals surface area contributed by atoms with Crippen LogP contribution in [0.15, 0.2) is 12.1 Å². The fraction of sp³-hybridized carbons (Fsp3) is 0.667. The number of hydrogen-bond donors (Lipinski definition) is 1. The molecule has 19 heavy (non-hydrogen) atoms. The van der Waals surface area contributed by atoms with Crippen LogP contribution in [0.1, 0.15) is 43.4 Å². The average Bonchev–Trinajstić information content (AvgIpc) is 2.74. The van der Waals surface area contributed by atoms with E-state index in [0.29, 0.717) is 6.61 Å². The summed E-state index contributed by atoms with van der Waals surface area (Å²) in [7, 11) is 0. The number of hydrogen-bond acceptors (Lipinski definition) is 4. The second-order valence-corrected chi connectivity index (χ2v) is 6.25. The van der Waals surface area contributed by atoms with Crippen LogP contribution in [0.3, 0.4) is 0 Å². The van der Waals surface area contributed by atoms with Crippen molar-refractivity contribution in [1.82, 2.24) is 5.32 Å². The highest BCUT2D eigenvalue weighted by Gasteiger charge is 2.20. The molecule has 0 fully saturated rings. The van der Waals surface area contributed by atoms with Gasteiger partial charge in [-0.2, -0.15) is 0 Å². The van der Waals surface area contributed by atoms with Crippen molar-refractivity contribution in [3.63, 3.8) is 0 Å². The predicted octanol–water partition coefficient (Wildman–Crippen LogP) is 3.31. The van der Waals surface area contributed by atoms with Crippen molar-refractivity contribution in [3.05, 3.63) is 21.9 Å². The van der Waals surface area contributed by atoms with Gasteiger partial charge in [-0.15, -0.1) is 11.3 Å². The van der Waals surface area contributed by atoms with E-state index in [0.717, 1.165) is 19.3 Å². The standard InChI is InChI=1S/C15H25NO2S/c1-5-7-14(15(17)18-6-2)16-11(3)10-13-9-8-12(4)19-13/h8-9,11,14,16H,5-7,10H2,1-4H3. The lowest BCUT2D eigenvalue weighted by Crippen LogP contribution is -2.43. The number of aryl methyl sites for hydroxylation is 1. The predicted molar refractivity (Wildman–Crippen MR) is 80.7 cm³/mol. The summed E-state index contributed by atoms with van der Waals surface area (Å²) in [5.74, 6) is -0.126. The van der Waals surface area contributed by atoms with Crippen molar-refractivity contribution in [3.8, 4) is 0 Å². The van der Waals surface area contributed by atoms with Gasteiger partial charge in [0.25, 0.3) is 0 Å². The third-order valence-corrected chi connectivity index (χ3v) is 3.96. The highest BCUT2D eigenvalue weighted by atomic mass is 32.1. The van der Waals surface area contributed by atoms with Crippen LogP contribution in [0.4, 0.5) is 0 Å². The Hall–Kier alpha value is -0.870. The second kappa shape index (κ2) is 8.33. The lowest BCUT2D eigenvalue weighted by Gasteiger charge is -2.21. The molecule has 108 valence electrons. The Morgan fingerprint density at radius 3 is 2.68 bits per heavy atom. The van der Waals surface area contributed by atoms with Gasteiger partial charge >= 0.3 is 5.97 Å². The second-order valence-electron chi connectivity index (χ2n) is 4.88. The summed E-state index contributed by atoms with van der Waals surface area (Å²) in [6, 6.07) is 4.40. The summed E-state index contributed by atoms with van der Waals surface area (Å²) in [6.07, 6.45) is 2.76. The number of esters is 1. The third kappa shape index (κ3) is 5.74. The molecule has 3 nitrogen and oxygen atoms in total. The van der Waals surface area contributed by atoms with E-state index in [2.05, 4.69) is 38.2 Å². The number of ether oxygens (including phenoxy) is 1. The first-order chi connectivity index (χ1) is 9.06. The Balaban J connectivity index is 2.50. The molecule has 0 amide bonds. The van der Waals surface area contributed by atoms with Crippen molar-refractivity contribution in [2.45, 2.75) is 59.0 Å². The normalized spacial score (nSPS) is 14.1. The molecule has 0 radical (unpaired) electrons. The summed E-state index contributed by atoms with van der Waals surface area (Å²) >= 11 is 1.82. The van der Waals surface area contributed by atoms with Crippen LogP contribution < -0.4 is 5.32 Å². The topological polar surface area (TPSA) is 38.3 Å². The number of rotatable bonds is 8. The quantitative estimate of drug-likeness (QED) is 0.744. The Bertz CT molecular complexity index is 389. The van der Waals surface area contributed by atoms with Gasteiger partial charge in [0.2, 0.25) is 0 Å². The maximum absolute atomic E-state index is 11.8. The summed E-state index contributed by atoms with van der Waals surface area (Å²) < 4.78 is 5.11. The molecule has 0 aliphatic rings. The van der Waals surface area contributed by atoms with Gasteiger partial charge in [-0.1, -0.05) is 13.3 Å². The van der Waals surface area contributed by atoms with Gasteiger partial charge in [-0.05, 0) is 45.7 Å². The number of thiophene rings is 1. The molecule has 1 heterocycles. The number of nitrogens with one attached hydrogen (secondary N) is 1. The molecule has 0 saturated carbocycles. The van der Waals surface area contributed by atoms with Gasteiger partial charge in [-0.25, -0.2) is 0 Å². The fourth-order valence-electron chi connectivity index (χ4n) is 2.10. The van der Waals surface area contributed by atoms with Crippen LogP contribution >= 0.6 is 11.3 Å². The zero-order valence-electron chi connectivity index (χ0n) is 12.4. The molecule has 0 aromatic carbocycles. The van der Waals surface area contributed by atoms with Gasteiger partial charge in [0.1, 0.15) is 6.04 Å². The molecule has 0 bridgehead atoms. The summed E-state index contributed by atoms with van der Waals surface area (Å²) in [5.41, 5.74) is 0. The van der Waals surface area contributed by atoms with Gasteiger partial charge < -0.3 is 10.1 Å². The van der Waals surface area contributed by atoms with Gasteiger partial charge in [0.15, 0.2) is 0 Å². The van der Waals surface area contributed by atoms with Crippen LogP contribution in [0.25, 0.3) is 0 Å². The first kappa shape index (κ1) is 16.2. The van der Waals surface area contributed by atoms with Crippen LogP contribution in [-0.4, -0.2) is 24.7 Å². The van der Waals surface area contributed by atoms with E-state index in [9.17, 15) is 4.79 Å². The molecular weight excluding hydrogens is 258 g/mol. The van der Waals surface area contributed by atoms with Gasteiger partial charge in [-0.3, -0.25) is 4.79 Å². The van der Waals surface area contributed by atoms with Crippen molar-refractivity contribution in [1.29, 1.82) is 0 Å². The van der Waals surface area contributed by atoms with Crippen LogP contribution in [0.2, 0.25) is 0 Å². The maximum Gasteiger partial charge on any atom is 0.323 e. The molecule has 2 unspecified atom stereocenters. The van der Waals surface area contributed by atoms with Crippen LogP contribution in [0, 0.1) is 6.92 Å². The molecule has 1 N–H and O–H groups in total. The van der Waals surface area contributed by atoms with Crippen LogP contribution in [-0.2, 0) is 16.0 Å². The Morgan fingerprint density at radius 1 is 1.42 bits per heavy atom. The molecule has 4 heteroatoms. The highest BCUT2D eigenvalue weighted by molar-refractivity contribution is 7.11. The Labute approximate surface area is 120 Å². The van der Waals surface area contributed by atoms with E-state index in [1.807, 2.05) is 18.3 Å². The third-order valence-electron chi connectivity index (χ3n) is 2.94. The molecule has 1 aromatic heterocycles. The smallest absolute Gasteiger partial charge is 0.323 e. The Morgan fingerprint density at radius 2 is 2.16 bits per heavy atom. The monoisotopic (exact) mass is 283 g/mol. The minimum absolute atomic E-state index is 0.126. The fourth-order valence-corrected chi connectivity index (χ4v) is 3.12. The largest absolute Gasteiger partial charge is 0.465 e. The minimum atomic E-state index is -0.180. The number of carbonyl (C=O) groups is 1. The molecular formula is C15H25NO2S. The van der Waals surface area contributed by atoms with Crippen molar-refractivity contribution in [2.75, 3.05) is 6.61 Å². The van der Waals surface area contributed by atoms with Crippen molar-refractivity contribution >= 4 is 17.3 Å². The zero-order valence-corrected chi connectivity index (χ0v) is 13.2. The molecule has 1 rings (SSSR count). The van der Waals surface area contributed by atoms with E-state index in [4.69, 9.17) is 4.74 Å². The first-order valence-corrected chi connectivity index (χ1v) is 7.86. The van der Waals surface area contributed by atoms with E-state index >= 15 is 0 Å². The molecule has 2 atom stereocenters. The Kier molecular flexibility index (Phi) is 7.10. The van der Waals surface area contributed by atoms with E-state index < -0.39 is 0 Å². The van der Waals surface area contributed by atoms with Gasteiger partial charge in [0, 0.05) is 15.8 Å². The molecule has 0 spiro atoms. The maximum atomic E-state index is 11.8. The lowest BCUT2D eigenvalue weighted by atomic mass is 10.1. The van der Waals surface area contributed by atoms with E-state index in [-0.39, 0.29) is 18.1 Å². The lowest BCUT2D eigenvalue weighted by molar-refractivity contribution is -0.146. The van der Waals surface area contributed by atoms with Crippen molar-refractivity contribution < 1.29 is 9.53 Å². The van der Waals surface area contributed by atoms with Gasteiger partial charge in [0.05, 0.1) is 6.61 Å². The average molecular weight is 283 g/mol. The van der Waals surface area contributed by atoms with Crippen molar-refractivity contribution in [2.24, 2.45) is 0 Å². The van der Waals surface area contributed by atoms with E-state index in [1.54, 1.807) is 0 Å². The molecule has 1 aromatic rings. The molecule has 0 saturated heterocycles. The molecule has 0 aliphatic carbocycles. The zero-order chi connectivity index (χ0) is 14.3.